The molecule has 2 aromatic carbocycles. The third kappa shape index (κ3) is 3.74. The average Bonchev–Trinajstić information content (AvgIpc) is 2.58. The topological polar surface area (TPSA) is 54.0 Å². The number of nitrogens with one attached hydrogen (secondary N) is 2. The minimum absolute atomic E-state index is 0.306. The van der Waals surface area contributed by atoms with E-state index in [1.54, 1.807) is 6.20 Å². The van der Waals surface area contributed by atoms with Crippen molar-refractivity contribution < 1.29 is 4.79 Å². The van der Waals surface area contributed by atoms with Gasteiger partial charge >= 0.3 is 6.03 Å². The lowest BCUT2D eigenvalue weighted by atomic mass is 10.1. The Morgan fingerprint density at radius 2 is 1.52 bits per heavy atom. The summed E-state index contributed by atoms with van der Waals surface area (Å²) in [6.45, 7) is 1.90. The van der Waals surface area contributed by atoms with Crippen molar-refractivity contribution in [1.29, 1.82) is 0 Å². The van der Waals surface area contributed by atoms with E-state index in [1.165, 1.54) is 0 Å². The minimum Gasteiger partial charge on any atom is -0.308 e. The molecule has 4 nitrogen and oxygen atoms in total. The summed E-state index contributed by atoms with van der Waals surface area (Å²) in [6, 6.07) is 21.3. The van der Waals surface area contributed by atoms with Gasteiger partial charge in [0.05, 0.1) is 0 Å². The van der Waals surface area contributed by atoms with Crippen LogP contribution < -0.4 is 10.6 Å². The highest BCUT2D eigenvalue weighted by atomic mass is 16.2. The summed E-state index contributed by atoms with van der Waals surface area (Å²) in [5.74, 6) is 0.561. The van der Waals surface area contributed by atoms with Gasteiger partial charge in [-0.15, -0.1) is 0 Å². The molecule has 2 N–H and O–H groups in total. The van der Waals surface area contributed by atoms with Gasteiger partial charge in [0.15, 0.2) is 0 Å². The Labute approximate surface area is 135 Å². The lowest BCUT2D eigenvalue weighted by Crippen LogP contribution is -2.20. The molecule has 114 valence electrons. The van der Waals surface area contributed by atoms with Crippen LogP contribution in [0.15, 0.2) is 72.9 Å². The Morgan fingerprint density at radius 3 is 2.22 bits per heavy atom. The van der Waals surface area contributed by atoms with E-state index < -0.39 is 0 Å². The number of carbonyl (C=O) groups is 1. The maximum Gasteiger partial charge on any atom is 0.324 e. The van der Waals surface area contributed by atoms with Crippen molar-refractivity contribution in [3.63, 3.8) is 0 Å². The van der Waals surface area contributed by atoms with Gasteiger partial charge in [-0.05, 0) is 41.8 Å². The molecule has 1 aromatic heterocycles. The van der Waals surface area contributed by atoms with Crippen LogP contribution in [0.1, 0.15) is 5.56 Å². The molecule has 3 rings (SSSR count). The zero-order chi connectivity index (χ0) is 16.1. The van der Waals surface area contributed by atoms with E-state index in [9.17, 15) is 4.79 Å². The molecule has 4 heteroatoms. The molecule has 0 atom stereocenters. The molecule has 3 aromatic rings. The van der Waals surface area contributed by atoms with Crippen LogP contribution in [0.3, 0.4) is 0 Å². The number of amides is 2. The average molecular weight is 303 g/mol. The normalized spacial score (nSPS) is 10.1. The first-order valence-electron chi connectivity index (χ1n) is 7.37. The quantitative estimate of drug-likeness (QED) is 0.736. The number of aromatic nitrogens is 1. The van der Waals surface area contributed by atoms with Crippen LogP contribution >= 0.6 is 0 Å². The third-order valence-corrected chi connectivity index (χ3v) is 3.49. The van der Waals surface area contributed by atoms with Crippen molar-refractivity contribution in [3.05, 3.63) is 78.5 Å². The van der Waals surface area contributed by atoms with E-state index in [4.69, 9.17) is 0 Å². The first-order chi connectivity index (χ1) is 11.2. The number of pyridine rings is 1. The maximum atomic E-state index is 12.0. The van der Waals surface area contributed by atoms with Gasteiger partial charge < -0.3 is 5.32 Å². The van der Waals surface area contributed by atoms with Gasteiger partial charge in [-0.3, -0.25) is 5.32 Å². The molecule has 1 heterocycles. The minimum atomic E-state index is -0.306. The van der Waals surface area contributed by atoms with Gasteiger partial charge in [0.1, 0.15) is 5.82 Å². The van der Waals surface area contributed by atoms with E-state index in [2.05, 4.69) is 27.8 Å². The molecular formula is C19H17N3O. The van der Waals surface area contributed by atoms with Gasteiger partial charge in [0.2, 0.25) is 0 Å². The van der Waals surface area contributed by atoms with Crippen molar-refractivity contribution in [2.45, 2.75) is 6.92 Å². The zero-order valence-electron chi connectivity index (χ0n) is 12.8. The lowest BCUT2D eigenvalue weighted by Gasteiger charge is -2.09. The van der Waals surface area contributed by atoms with E-state index in [0.717, 1.165) is 22.4 Å². The lowest BCUT2D eigenvalue weighted by molar-refractivity contribution is 0.262. The van der Waals surface area contributed by atoms with Crippen molar-refractivity contribution >= 4 is 17.5 Å². The van der Waals surface area contributed by atoms with Crippen LogP contribution in [-0.2, 0) is 0 Å². The second-order valence-corrected chi connectivity index (χ2v) is 5.19. The number of hydrogen-bond acceptors (Lipinski definition) is 2. The largest absolute Gasteiger partial charge is 0.324 e. The van der Waals surface area contributed by atoms with E-state index in [-0.39, 0.29) is 6.03 Å². The van der Waals surface area contributed by atoms with Gasteiger partial charge in [-0.25, -0.2) is 9.78 Å². The molecule has 0 bridgehead atoms. The maximum absolute atomic E-state index is 12.0. The Balaban J connectivity index is 1.66. The highest BCUT2D eigenvalue weighted by Crippen LogP contribution is 2.21. The summed E-state index contributed by atoms with van der Waals surface area (Å²) in [7, 11) is 0. The fourth-order valence-electron chi connectivity index (χ4n) is 2.26. The number of aryl methyl sites for hydroxylation is 1. The zero-order valence-corrected chi connectivity index (χ0v) is 12.8. The van der Waals surface area contributed by atoms with Crippen molar-refractivity contribution in [2.75, 3.05) is 10.6 Å². The number of carbonyl (C=O) groups excluding carboxylic acids is 1. The van der Waals surface area contributed by atoms with Crippen LogP contribution in [-0.4, -0.2) is 11.0 Å². The first-order valence-corrected chi connectivity index (χ1v) is 7.37. The number of benzene rings is 2. The summed E-state index contributed by atoms with van der Waals surface area (Å²) < 4.78 is 0. The smallest absolute Gasteiger partial charge is 0.308 e. The molecule has 23 heavy (non-hydrogen) atoms. The summed E-state index contributed by atoms with van der Waals surface area (Å²) >= 11 is 0. The SMILES string of the molecule is Cc1cccnc1NC(=O)Nc1ccc(-c2ccccc2)cc1. The predicted molar refractivity (Wildman–Crippen MR) is 93.5 cm³/mol. The number of hydrogen-bond donors (Lipinski definition) is 2. The second kappa shape index (κ2) is 6.75. The second-order valence-electron chi connectivity index (χ2n) is 5.19. The molecule has 0 aliphatic rings. The number of nitrogens with zero attached hydrogens (tertiary/aromatic N) is 1. The third-order valence-electron chi connectivity index (χ3n) is 3.49. The molecule has 0 saturated carbocycles. The van der Waals surface area contributed by atoms with Gasteiger partial charge in [0, 0.05) is 11.9 Å². The molecule has 0 unspecified atom stereocenters. The Morgan fingerprint density at radius 1 is 0.826 bits per heavy atom. The van der Waals surface area contributed by atoms with Crippen LogP contribution in [0.5, 0.6) is 0 Å². The monoisotopic (exact) mass is 303 g/mol. The van der Waals surface area contributed by atoms with Crippen molar-refractivity contribution in [2.24, 2.45) is 0 Å². The molecule has 2 amide bonds. The molecule has 0 fully saturated rings. The Kier molecular flexibility index (Phi) is 4.34. The fourth-order valence-corrected chi connectivity index (χ4v) is 2.26. The van der Waals surface area contributed by atoms with Crippen LogP contribution in [0.25, 0.3) is 11.1 Å². The number of rotatable bonds is 3. The van der Waals surface area contributed by atoms with Gasteiger partial charge in [-0.2, -0.15) is 0 Å². The van der Waals surface area contributed by atoms with Crippen molar-refractivity contribution in [3.8, 4) is 11.1 Å². The van der Waals surface area contributed by atoms with Gasteiger partial charge in [0.25, 0.3) is 0 Å². The van der Waals surface area contributed by atoms with E-state index in [1.807, 2.05) is 61.5 Å². The molecule has 0 aliphatic carbocycles. The predicted octanol–water partition coefficient (Wildman–Crippen LogP) is 4.70. The van der Waals surface area contributed by atoms with Gasteiger partial charge in [-0.1, -0.05) is 48.5 Å². The number of anilines is 2. The fraction of sp³-hybridized carbons (Fsp3) is 0.0526. The van der Waals surface area contributed by atoms with Crippen LogP contribution in [0.2, 0.25) is 0 Å². The Bertz CT molecular complexity index is 798. The summed E-state index contributed by atoms with van der Waals surface area (Å²) in [6.07, 6.45) is 1.65. The van der Waals surface area contributed by atoms with E-state index >= 15 is 0 Å². The summed E-state index contributed by atoms with van der Waals surface area (Å²) in [5.41, 5.74) is 3.91. The molecule has 0 radical (unpaired) electrons. The number of urea groups is 1. The van der Waals surface area contributed by atoms with Crippen LogP contribution in [0, 0.1) is 6.92 Å². The molecule has 0 spiro atoms. The first kappa shape index (κ1) is 14.8. The van der Waals surface area contributed by atoms with Crippen molar-refractivity contribution in [1.82, 2.24) is 4.98 Å². The highest BCUT2D eigenvalue weighted by Gasteiger charge is 2.05. The standard InChI is InChI=1S/C19H17N3O/c1-14-6-5-13-20-18(14)22-19(23)21-17-11-9-16(10-12-17)15-7-3-2-4-8-15/h2-13H,1H3,(H2,20,21,22,23). The molecule has 0 aliphatic heterocycles. The summed E-state index contributed by atoms with van der Waals surface area (Å²) in [4.78, 5) is 16.2. The Hall–Kier alpha value is -3.14. The van der Waals surface area contributed by atoms with Crippen LogP contribution in [0.4, 0.5) is 16.3 Å². The highest BCUT2D eigenvalue weighted by molar-refractivity contribution is 5.99. The van der Waals surface area contributed by atoms with E-state index in [0.29, 0.717) is 5.82 Å². The molecule has 0 saturated heterocycles. The molecular weight excluding hydrogens is 286 g/mol. The summed E-state index contributed by atoms with van der Waals surface area (Å²) in [5, 5.41) is 5.55.